The number of nitrogens with one attached hydrogen (secondary N) is 1. The van der Waals surface area contributed by atoms with E-state index >= 15 is 0 Å². The Morgan fingerprint density at radius 1 is 1.00 bits per heavy atom. The van der Waals surface area contributed by atoms with Crippen molar-refractivity contribution in [1.29, 1.82) is 0 Å². The first-order chi connectivity index (χ1) is 8.29. The molecule has 1 fully saturated rings. The first-order valence-electron chi connectivity index (χ1n) is 7.11. The van der Waals surface area contributed by atoms with E-state index in [2.05, 4.69) is 26.1 Å². The maximum absolute atomic E-state index is 12.5. The van der Waals surface area contributed by atoms with Gasteiger partial charge in [-0.2, -0.15) is 13.2 Å². The minimum absolute atomic E-state index is 0.283. The van der Waals surface area contributed by atoms with Crippen LogP contribution in [0, 0.1) is 11.8 Å². The van der Waals surface area contributed by atoms with Gasteiger partial charge in [-0.3, -0.25) is 0 Å². The van der Waals surface area contributed by atoms with E-state index in [0.29, 0.717) is 24.8 Å². The molecule has 108 valence electrons. The minimum Gasteiger partial charge on any atom is -0.312 e. The van der Waals surface area contributed by atoms with Gasteiger partial charge >= 0.3 is 6.18 Å². The Bertz CT molecular complexity index is 230. The van der Waals surface area contributed by atoms with E-state index in [1.807, 2.05) is 0 Å². The summed E-state index contributed by atoms with van der Waals surface area (Å²) in [5, 5.41) is 3.48. The van der Waals surface area contributed by atoms with E-state index in [-0.39, 0.29) is 18.9 Å². The SMILES string of the molecule is CC(C)CCC(C)NC1CCC(C(F)(F)F)CC1. The molecule has 18 heavy (non-hydrogen) atoms. The largest absolute Gasteiger partial charge is 0.391 e. The van der Waals surface area contributed by atoms with Crippen molar-refractivity contribution in [2.45, 2.75) is 77.6 Å². The van der Waals surface area contributed by atoms with Gasteiger partial charge in [0, 0.05) is 12.1 Å². The molecule has 0 saturated heterocycles. The molecule has 1 aliphatic carbocycles. The lowest BCUT2D eigenvalue weighted by Gasteiger charge is -2.32. The summed E-state index contributed by atoms with van der Waals surface area (Å²) in [4.78, 5) is 0. The van der Waals surface area contributed by atoms with Crippen LogP contribution in [0.2, 0.25) is 0 Å². The fraction of sp³-hybridized carbons (Fsp3) is 1.00. The summed E-state index contributed by atoms with van der Waals surface area (Å²) in [6.07, 6.45) is 0.194. The number of halogens is 3. The molecule has 1 unspecified atom stereocenters. The fourth-order valence-corrected chi connectivity index (χ4v) is 2.66. The van der Waals surface area contributed by atoms with Crippen LogP contribution in [0.5, 0.6) is 0 Å². The van der Waals surface area contributed by atoms with Gasteiger partial charge in [-0.25, -0.2) is 0 Å². The zero-order chi connectivity index (χ0) is 13.8. The average Bonchev–Trinajstić information content (AvgIpc) is 2.26. The second-order valence-electron chi connectivity index (χ2n) is 6.13. The Morgan fingerprint density at radius 2 is 1.56 bits per heavy atom. The van der Waals surface area contributed by atoms with Crippen LogP contribution in [0.15, 0.2) is 0 Å². The molecule has 0 amide bonds. The van der Waals surface area contributed by atoms with Crippen LogP contribution in [-0.4, -0.2) is 18.3 Å². The van der Waals surface area contributed by atoms with E-state index in [1.165, 1.54) is 6.42 Å². The summed E-state index contributed by atoms with van der Waals surface area (Å²) >= 11 is 0. The lowest BCUT2D eigenvalue weighted by Crippen LogP contribution is -2.41. The Balaban J connectivity index is 2.23. The van der Waals surface area contributed by atoms with E-state index in [0.717, 1.165) is 6.42 Å². The molecule has 0 radical (unpaired) electrons. The summed E-state index contributed by atoms with van der Waals surface area (Å²) in [7, 11) is 0. The van der Waals surface area contributed by atoms with Gasteiger partial charge in [-0.1, -0.05) is 13.8 Å². The van der Waals surface area contributed by atoms with Crippen LogP contribution in [0.4, 0.5) is 13.2 Å². The maximum Gasteiger partial charge on any atom is 0.391 e. The van der Waals surface area contributed by atoms with Crippen LogP contribution in [-0.2, 0) is 0 Å². The van der Waals surface area contributed by atoms with Gasteiger partial charge in [0.15, 0.2) is 0 Å². The molecule has 4 heteroatoms. The standard InChI is InChI=1S/C14H26F3N/c1-10(2)4-5-11(3)18-13-8-6-12(7-9-13)14(15,16)17/h10-13,18H,4-9H2,1-3H3. The van der Waals surface area contributed by atoms with Crippen molar-refractivity contribution < 1.29 is 13.2 Å². The van der Waals surface area contributed by atoms with E-state index in [1.54, 1.807) is 0 Å². The first kappa shape index (κ1) is 15.8. The highest BCUT2D eigenvalue weighted by Gasteiger charge is 2.41. The zero-order valence-electron chi connectivity index (χ0n) is 11.7. The van der Waals surface area contributed by atoms with Gasteiger partial charge < -0.3 is 5.32 Å². The number of hydrogen-bond acceptors (Lipinski definition) is 1. The van der Waals surface area contributed by atoms with Crippen molar-refractivity contribution in [3.05, 3.63) is 0 Å². The van der Waals surface area contributed by atoms with Crippen molar-refractivity contribution >= 4 is 0 Å². The van der Waals surface area contributed by atoms with Crippen LogP contribution < -0.4 is 5.32 Å². The van der Waals surface area contributed by atoms with Gasteiger partial charge in [-0.15, -0.1) is 0 Å². The van der Waals surface area contributed by atoms with E-state index in [4.69, 9.17) is 0 Å². The predicted molar refractivity (Wildman–Crippen MR) is 68.5 cm³/mol. The van der Waals surface area contributed by atoms with Crippen molar-refractivity contribution in [2.24, 2.45) is 11.8 Å². The molecule has 0 aliphatic heterocycles. The maximum atomic E-state index is 12.5. The minimum atomic E-state index is -3.99. The lowest BCUT2D eigenvalue weighted by molar-refractivity contribution is -0.182. The monoisotopic (exact) mass is 265 g/mol. The second-order valence-corrected chi connectivity index (χ2v) is 6.13. The third kappa shape index (κ3) is 5.59. The summed E-state index contributed by atoms with van der Waals surface area (Å²) in [6, 6.07) is 0.700. The van der Waals surface area contributed by atoms with E-state index in [9.17, 15) is 13.2 Å². The van der Waals surface area contributed by atoms with Crippen LogP contribution in [0.3, 0.4) is 0 Å². The van der Waals surface area contributed by atoms with Gasteiger partial charge in [0.25, 0.3) is 0 Å². The highest BCUT2D eigenvalue weighted by Crippen LogP contribution is 2.37. The van der Waals surface area contributed by atoms with Gasteiger partial charge in [0.1, 0.15) is 0 Å². The Morgan fingerprint density at radius 3 is 2.00 bits per heavy atom. The topological polar surface area (TPSA) is 12.0 Å². The van der Waals surface area contributed by atoms with Crippen molar-refractivity contribution in [3.8, 4) is 0 Å². The summed E-state index contributed by atoms with van der Waals surface area (Å²) < 4.78 is 37.6. The lowest BCUT2D eigenvalue weighted by atomic mass is 9.85. The summed E-state index contributed by atoms with van der Waals surface area (Å²) in [5.41, 5.74) is 0. The second kappa shape index (κ2) is 6.78. The molecule has 1 saturated carbocycles. The Labute approximate surface area is 109 Å². The van der Waals surface area contributed by atoms with Crippen molar-refractivity contribution in [3.63, 3.8) is 0 Å². The first-order valence-corrected chi connectivity index (χ1v) is 7.11. The molecule has 0 aromatic heterocycles. The number of rotatable bonds is 5. The molecule has 0 aromatic rings. The van der Waals surface area contributed by atoms with E-state index < -0.39 is 12.1 Å². The smallest absolute Gasteiger partial charge is 0.312 e. The fourth-order valence-electron chi connectivity index (χ4n) is 2.66. The molecule has 0 spiro atoms. The van der Waals surface area contributed by atoms with Crippen molar-refractivity contribution in [2.75, 3.05) is 0 Å². The molecule has 1 atom stereocenters. The van der Waals surface area contributed by atoms with Crippen LogP contribution >= 0.6 is 0 Å². The highest BCUT2D eigenvalue weighted by molar-refractivity contribution is 4.82. The van der Waals surface area contributed by atoms with Crippen LogP contribution in [0.25, 0.3) is 0 Å². The Kier molecular flexibility index (Phi) is 5.96. The summed E-state index contributed by atoms with van der Waals surface area (Å²) in [5.74, 6) is -0.378. The molecular formula is C14H26F3N. The summed E-state index contributed by atoms with van der Waals surface area (Å²) in [6.45, 7) is 6.53. The molecule has 1 N–H and O–H groups in total. The molecule has 1 rings (SSSR count). The molecular weight excluding hydrogens is 239 g/mol. The third-order valence-corrected chi connectivity index (χ3v) is 3.89. The van der Waals surface area contributed by atoms with Gasteiger partial charge in [-0.05, 0) is 51.4 Å². The Hall–Kier alpha value is -0.250. The number of hydrogen-bond donors (Lipinski definition) is 1. The normalized spacial score (nSPS) is 27.5. The molecule has 0 bridgehead atoms. The molecule has 1 aliphatic rings. The van der Waals surface area contributed by atoms with Gasteiger partial charge in [0.2, 0.25) is 0 Å². The molecule has 0 heterocycles. The molecule has 1 nitrogen and oxygen atoms in total. The third-order valence-electron chi connectivity index (χ3n) is 3.89. The quantitative estimate of drug-likeness (QED) is 0.770. The molecule has 0 aromatic carbocycles. The number of alkyl halides is 3. The van der Waals surface area contributed by atoms with Gasteiger partial charge in [0.05, 0.1) is 5.92 Å². The van der Waals surface area contributed by atoms with Crippen LogP contribution in [0.1, 0.15) is 59.3 Å². The average molecular weight is 265 g/mol. The van der Waals surface area contributed by atoms with Crippen molar-refractivity contribution in [1.82, 2.24) is 5.32 Å². The predicted octanol–water partition coefficient (Wildman–Crippen LogP) is 4.52. The highest BCUT2D eigenvalue weighted by atomic mass is 19.4. The zero-order valence-corrected chi connectivity index (χ0v) is 11.7.